The lowest BCUT2D eigenvalue weighted by Gasteiger charge is -2.18. The number of nitrogens with one attached hydrogen (secondary N) is 1. The summed E-state index contributed by atoms with van der Waals surface area (Å²) in [4.78, 5) is 0. The van der Waals surface area contributed by atoms with Crippen LogP contribution in [0.15, 0.2) is 34.7 Å². The fourth-order valence-corrected chi connectivity index (χ4v) is 2.30. The molecule has 1 aromatic carbocycles. The van der Waals surface area contributed by atoms with Crippen molar-refractivity contribution in [1.82, 2.24) is 20.4 Å². The molecule has 3 aromatic rings. The van der Waals surface area contributed by atoms with Gasteiger partial charge in [-0.2, -0.15) is 5.10 Å². The lowest BCUT2D eigenvalue weighted by atomic mass is 9.87. The van der Waals surface area contributed by atoms with Crippen LogP contribution in [-0.2, 0) is 5.41 Å². The van der Waals surface area contributed by atoms with E-state index in [0.717, 1.165) is 11.3 Å². The van der Waals surface area contributed by atoms with Crippen LogP contribution in [0.4, 0.5) is 0 Å². The van der Waals surface area contributed by atoms with Crippen molar-refractivity contribution >= 4 is 0 Å². The molecule has 5 nitrogen and oxygen atoms in total. The molecule has 0 fully saturated rings. The van der Waals surface area contributed by atoms with E-state index in [-0.39, 0.29) is 5.41 Å². The minimum atomic E-state index is 0.126. The highest BCUT2D eigenvalue weighted by Gasteiger charge is 2.16. The first-order chi connectivity index (χ1) is 10.8. The maximum Gasteiger partial charge on any atom is 0.268 e. The third kappa shape index (κ3) is 3.18. The molecule has 1 N–H and O–H groups in total. The highest BCUT2D eigenvalue weighted by atomic mass is 16.4. The molecule has 0 atom stereocenters. The quantitative estimate of drug-likeness (QED) is 0.770. The van der Waals surface area contributed by atoms with Gasteiger partial charge in [-0.25, -0.2) is 0 Å². The molecule has 120 valence electrons. The van der Waals surface area contributed by atoms with Crippen molar-refractivity contribution < 1.29 is 4.42 Å². The van der Waals surface area contributed by atoms with Crippen LogP contribution in [0.2, 0.25) is 0 Å². The predicted octanol–water partition coefficient (Wildman–Crippen LogP) is 4.55. The second-order valence-electron chi connectivity index (χ2n) is 7.10. The van der Waals surface area contributed by atoms with E-state index in [2.05, 4.69) is 67.1 Å². The molecule has 5 heteroatoms. The van der Waals surface area contributed by atoms with Crippen LogP contribution in [0.25, 0.3) is 23.0 Å². The van der Waals surface area contributed by atoms with Crippen LogP contribution in [0.1, 0.15) is 51.8 Å². The first-order valence-electron chi connectivity index (χ1n) is 7.84. The number of aromatic nitrogens is 4. The normalized spacial score (nSPS) is 12.1. The molecule has 0 aliphatic heterocycles. The van der Waals surface area contributed by atoms with Crippen molar-refractivity contribution in [2.24, 2.45) is 0 Å². The Morgan fingerprint density at radius 3 is 2.22 bits per heavy atom. The van der Waals surface area contributed by atoms with E-state index in [1.807, 2.05) is 18.2 Å². The highest BCUT2D eigenvalue weighted by Crippen LogP contribution is 2.27. The molecule has 23 heavy (non-hydrogen) atoms. The average Bonchev–Trinajstić information content (AvgIpc) is 3.15. The van der Waals surface area contributed by atoms with E-state index in [1.165, 1.54) is 5.56 Å². The second-order valence-corrected chi connectivity index (χ2v) is 7.10. The number of benzene rings is 1. The van der Waals surface area contributed by atoms with Gasteiger partial charge in [-0.3, -0.25) is 5.10 Å². The first kappa shape index (κ1) is 15.5. The van der Waals surface area contributed by atoms with Gasteiger partial charge in [0.1, 0.15) is 5.69 Å². The van der Waals surface area contributed by atoms with Crippen molar-refractivity contribution in [3.8, 4) is 23.0 Å². The van der Waals surface area contributed by atoms with E-state index >= 15 is 0 Å². The molecule has 0 saturated carbocycles. The largest absolute Gasteiger partial charge is 0.415 e. The lowest BCUT2D eigenvalue weighted by molar-refractivity contribution is 0.580. The summed E-state index contributed by atoms with van der Waals surface area (Å²) in [6, 6.07) is 10.2. The third-order valence-electron chi connectivity index (χ3n) is 3.86. The zero-order valence-corrected chi connectivity index (χ0v) is 14.2. The number of hydrogen-bond acceptors (Lipinski definition) is 4. The van der Waals surface area contributed by atoms with Crippen LogP contribution in [-0.4, -0.2) is 20.4 Å². The second kappa shape index (κ2) is 5.65. The molecule has 0 spiro atoms. The summed E-state index contributed by atoms with van der Waals surface area (Å²) in [5.41, 5.74) is 4.04. The fraction of sp³-hybridized carbons (Fsp3) is 0.389. The van der Waals surface area contributed by atoms with Gasteiger partial charge in [0.25, 0.3) is 5.89 Å². The van der Waals surface area contributed by atoms with Gasteiger partial charge in [0.2, 0.25) is 5.89 Å². The number of nitrogens with zero attached hydrogens (tertiary/aromatic N) is 3. The van der Waals surface area contributed by atoms with Gasteiger partial charge in [0.05, 0.1) is 0 Å². The Morgan fingerprint density at radius 1 is 1.00 bits per heavy atom. The molecule has 0 unspecified atom stereocenters. The summed E-state index contributed by atoms with van der Waals surface area (Å²) >= 11 is 0. The molecule has 0 amide bonds. The highest BCUT2D eigenvalue weighted by molar-refractivity contribution is 5.56. The monoisotopic (exact) mass is 310 g/mol. The lowest BCUT2D eigenvalue weighted by Crippen LogP contribution is -2.10. The smallest absolute Gasteiger partial charge is 0.268 e. The first-order valence-corrected chi connectivity index (χ1v) is 7.84. The molecule has 2 aromatic heterocycles. The zero-order valence-electron chi connectivity index (χ0n) is 14.2. The Morgan fingerprint density at radius 2 is 1.65 bits per heavy atom. The summed E-state index contributed by atoms with van der Waals surface area (Å²) in [5, 5.41) is 15.5. The van der Waals surface area contributed by atoms with Crippen molar-refractivity contribution in [3.05, 3.63) is 41.6 Å². The maximum atomic E-state index is 5.77. The fourth-order valence-electron chi connectivity index (χ4n) is 2.30. The van der Waals surface area contributed by atoms with E-state index < -0.39 is 0 Å². The van der Waals surface area contributed by atoms with Gasteiger partial charge < -0.3 is 4.42 Å². The summed E-state index contributed by atoms with van der Waals surface area (Å²) in [6.07, 6.45) is 0. The zero-order chi connectivity index (χ0) is 16.6. The van der Waals surface area contributed by atoms with E-state index in [1.54, 1.807) is 0 Å². The molecular formula is C18H22N4O. The average molecular weight is 310 g/mol. The topological polar surface area (TPSA) is 67.6 Å². The number of rotatable bonds is 3. The summed E-state index contributed by atoms with van der Waals surface area (Å²) in [5.74, 6) is 1.32. The molecule has 2 heterocycles. The molecule has 0 aliphatic carbocycles. The van der Waals surface area contributed by atoms with Crippen LogP contribution in [0.5, 0.6) is 0 Å². The predicted molar refractivity (Wildman–Crippen MR) is 90.1 cm³/mol. The summed E-state index contributed by atoms with van der Waals surface area (Å²) in [6.45, 7) is 10.8. The molecule has 0 radical (unpaired) electrons. The van der Waals surface area contributed by atoms with Crippen LogP contribution >= 0.6 is 0 Å². The summed E-state index contributed by atoms with van der Waals surface area (Å²) in [7, 11) is 0. The SMILES string of the molecule is CC(C)c1cc(-c2nnc(-c3ccc(C(C)(C)C)cc3)o2)n[nH]1. The van der Waals surface area contributed by atoms with E-state index in [9.17, 15) is 0 Å². The number of H-pyrrole nitrogens is 1. The van der Waals surface area contributed by atoms with Crippen LogP contribution in [0, 0.1) is 0 Å². The Hall–Kier alpha value is -2.43. The molecule has 3 rings (SSSR count). The number of aromatic amines is 1. The van der Waals surface area contributed by atoms with Gasteiger partial charge in [0.15, 0.2) is 0 Å². The van der Waals surface area contributed by atoms with Crippen LogP contribution in [0.3, 0.4) is 0 Å². The van der Waals surface area contributed by atoms with Gasteiger partial charge in [-0.1, -0.05) is 46.8 Å². The Labute approximate surface area is 136 Å². The minimum Gasteiger partial charge on any atom is -0.415 e. The van der Waals surface area contributed by atoms with Crippen molar-refractivity contribution in [2.45, 2.75) is 46.0 Å². The standard InChI is InChI=1S/C18H22N4O/c1-11(2)14-10-15(20-19-14)17-22-21-16(23-17)12-6-8-13(9-7-12)18(3,4)5/h6-11H,1-5H3,(H,19,20). The minimum absolute atomic E-state index is 0.126. The Bertz CT molecular complexity index is 791. The van der Waals surface area contributed by atoms with Gasteiger partial charge in [-0.05, 0) is 35.1 Å². The molecule has 0 saturated heterocycles. The van der Waals surface area contributed by atoms with E-state index in [0.29, 0.717) is 23.4 Å². The van der Waals surface area contributed by atoms with Crippen LogP contribution < -0.4 is 0 Å². The molecule has 0 bridgehead atoms. The van der Waals surface area contributed by atoms with Crippen molar-refractivity contribution in [2.75, 3.05) is 0 Å². The summed E-state index contributed by atoms with van der Waals surface area (Å²) < 4.78 is 5.77. The third-order valence-corrected chi connectivity index (χ3v) is 3.86. The van der Waals surface area contributed by atoms with Crippen molar-refractivity contribution in [3.63, 3.8) is 0 Å². The molecule has 0 aliphatic rings. The van der Waals surface area contributed by atoms with E-state index in [4.69, 9.17) is 4.42 Å². The Balaban J connectivity index is 1.86. The maximum absolute atomic E-state index is 5.77. The van der Waals surface area contributed by atoms with Gasteiger partial charge >= 0.3 is 0 Å². The Kier molecular flexibility index (Phi) is 3.80. The van der Waals surface area contributed by atoms with Crippen molar-refractivity contribution in [1.29, 1.82) is 0 Å². The van der Waals surface area contributed by atoms with Gasteiger partial charge in [0, 0.05) is 11.3 Å². The molecular weight excluding hydrogens is 288 g/mol. The van der Waals surface area contributed by atoms with Gasteiger partial charge in [-0.15, -0.1) is 10.2 Å². The number of hydrogen-bond donors (Lipinski definition) is 1.